The van der Waals surface area contributed by atoms with Gasteiger partial charge in [-0.25, -0.2) is 0 Å². The zero-order valence-electron chi connectivity index (χ0n) is 11.0. The van der Waals surface area contributed by atoms with E-state index >= 15 is 0 Å². The number of aliphatic hydroxyl groups excluding tert-OH is 1. The van der Waals surface area contributed by atoms with Crippen LogP contribution in [-0.4, -0.2) is 22.6 Å². The van der Waals surface area contributed by atoms with Gasteiger partial charge < -0.3 is 10.4 Å². The van der Waals surface area contributed by atoms with Gasteiger partial charge in [0.15, 0.2) is 0 Å². The summed E-state index contributed by atoms with van der Waals surface area (Å²) in [6.45, 7) is 2.13. The van der Waals surface area contributed by atoms with Crippen LogP contribution in [0.2, 0.25) is 0 Å². The number of nitrogens with one attached hydrogen (secondary N) is 1. The van der Waals surface area contributed by atoms with Crippen LogP contribution in [0.4, 0.5) is 0 Å². The standard InChI is InChI=1S/C15H14N2O2S/c1-11-4-5-12(9-16-11)10-17-15(19)14-13(3-2-7-18)6-8-20-14/h4-6,8-9,18H,7,10H2,1H3,(H,17,19). The highest BCUT2D eigenvalue weighted by molar-refractivity contribution is 7.12. The Hall–Kier alpha value is -2.16. The molecule has 1 amide bonds. The normalized spacial score (nSPS) is 9.70. The largest absolute Gasteiger partial charge is 0.384 e. The van der Waals surface area contributed by atoms with Gasteiger partial charge in [0.25, 0.3) is 5.91 Å². The molecule has 0 spiro atoms. The van der Waals surface area contributed by atoms with E-state index in [-0.39, 0.29) is 12.5 Å². The third-order valence-electron chi connectivity index (χ3n) is 2.60. The molecular formula is C15H14N2O2S. The molecule has 0 bridgehead atoms. The Morgan fingerprint density at radius 1 is 1.45 bits per heavy atom. The number of aryl methyl sites for hydroxylation is 1. The van der Waals surface area contributed by atoms with E-state index in [1.165, 1.54) is 11.3 Å². The molecule has 0 aliphatic rings. The number of pyridine rings is 1. The minimum absolute atomic E-state index is 0.164. The maximum atomic E-state index is 12.1. The van der Waals surface area contributed by atoms with Crippen molar-refractivity contribution in [3.05, 3.63) is 51.5 Å². The molecule has 2 aromatic rings. The van der Waals surface area contributed by atoms with Crippen LogP contribution >= 0.6 is 11.3 Å². The number of aromatic nitrogens is 1. The molecule has 2 aromatic heterocycles. The molecule has 102 valence electrons. The molecule has 2 heterocycles. The van der Waals surface area contributed by atoms with Gasteiger partial charge in [-0.2, -0.15) is 0 Å². The van der Waals surface area contributed by atoms with E-state index in [4.69, 9.17) is 5.11 Å². The number of amides is 1. The first-order valence-corrected chi connectivity index (χ1v) is 6.95. The molecule has 0 radical (unpaired) electrons. The number of rotatable bonds is 3. The van der Waals surface area contributed by atoms with Gasteiger partial charge in [0, 0.05) is 24.0 Å². The minimum atomic E-state index is -0.216. The first-order chi connectivity index (χ1) is 9.70. The number of hydrogen-bond acceptors (Lipinski definition) is 4. The van der Waals surface area contributed by atoms with Crippen LogP contribution in [0, 0.1) is 18.8 Å². The molecule has 0 saturated heterocycles. The second-order valence-electron chi connectivity index (χ2n) is 4.11. The van der Waals surface area contributed by atoms with Crippen molar-refractivity contribution in [2.75, 3.05) is 6.61 Å². The number of carbonyl (C=O) groups is 1. The second-order valence-corrected chi connectivity index (χ2v) is 5.03. The van der Waals surface area contributed by atoms with Crippen molar-refractivity contribution in [1.29, 1.82) is 0 Å². The molecule has 4 nitrogen and oxygen atoms in total. The summed E-state index contributed by atoms with van der Waals surface area (Å²) < 4.78 is 0. The molecule has 0 aliphatic heterocycles. The summed E-state index contributed by atoms with van der Waals surface area (Å²) in [5.41, 5.74) is 2.53. The highest BCUT2D eigenvalue weighted by Crippen LogP contribution is 2.15. The number of nitrogens with zero attached hydrogens (tertiary/aromatic N) is 1. The van der Waals surface area contributed by atoms with E-state index in [2.05, 4.69) is 22.1 Å². The van der Waals surface area contributed by atoms with Crippen molar-refractivity contribution in [3.63, 3.8) is 0 Å². The fourth-order valence-corrected chi connectivity index (χ4v) is 2.35. The van der Waals surface area contributed by atoms with Crippen molar-refractivity contribution in [2.45, 2.75) is 13.5 Å². The fourth-order valence-electron chi connectivity index (χ4n) is 1.58. The molecule has 0 saturated carbocycles. The molecular weight excluding hydrogens is 272 g/mol. The molecule has 0 aromatic carbocycles. The van der Waals surface area contributed by atoms with Crippen LogP contribution in [0.25, 0.3) is 0 Å². The number of carbonyl (C=O) groups excluding carboxylic acids is 1. The van der Waals surface area contributed by atoms with Gasteiger partial charge in [0.1, 0.15) is 11.5 Å². The summed E-state index contributed by atoms with van der Waals surface area (Å²) in [7, 11) is 0. The lowest BCUT2D eigenvalue weighted by atomic mass is 10.2. The second kappa shape index (κ2) is 6.85. The van der Waals surface area contributed by atoms with Crippen LogP contribution in [0.3, 0.4) is 0 Å². The smallest absolute Gasteiger partial charge is 0.262 e. The summed E-state index contributed by atoms with van der Waals surface area (Å²) in [5, 5.41) is 13.3. The quantitative estimate of drug-likeness (QED) is 0.845. The van der Waals surface area contributed by atoms with Crippen LogP contribution in [0.5, 0.6) is 0 Å². The molecule has 0 unspecified atom stereocenters. The van der Waals surface area contributed by atoms with Gasteiger partial charge in [0.2, 0.25) is 0 Å². The summed E-state index contributed by atoms with van der Waals surface area (Å²) in [6, 6.07) is 5.62. The Balaban J connectivity index is 2.02. The van der Waals surface area contributed by atoms with Crippen molar-refractivity contribution in [2.24, 2.45) is 0 Å². The predicted molar refractivity (Wildman–Crippen MR) is 78.4 cm³/mol. The number of thiophene rings is 1. The molecule has 0 fully saturated rings. The average Bonchev–Trinajstić information content (AvgIpc) is 2.92. The third kappa shape index (κ3) is 3.67. The molecule has 2 rings (SSSR count). The molecule has 5 heteroatoms. The SMILES string of the molecule is Cc1ccc(CNC(=O)c2sccc2C#CCO)cn1. The minimum Gasteiger partial charge on any atom is -0.384 e. The molecule has 0 aliphatic carbocycles. The molecule has 0 atom stereocenters. The lowest BCUT2D eigenvalue weighted by Gasteiger charge is -2.04. The van der Waals surface area contributed by atoms with Gasteiger partial charge in [0.05, 0.1) is 0 Å². The Morgan fingerprint density at radius 3 is 3.00 bits per heavy atom. The summed E-state index contributed by atoms with van der Waals surface area (Å²) >= 11 is 1.33. The van der Waals surface area contributed by atoms with E-state index in [1.807, 2.05) is 24.4 Å². The van der Waals surface area contributed by atoms with E-state index in [9.17, 15) is 4.79 Å². The summed E-state index contributed by atoms with van der Waals surface area (Å²) in [4.78, 5) is 16.8. The lowest BCUT2D eigenvalue weighted by Crippen LogP contribution is -2.22. The Bertz CT molecular complexity index is 651. The van der Waals surface area contributed by atoms with E-state index in [0.717, 1.165) is 11.3 Å². The zero-order valence-corrected chi connectivity index (χ0v) is 11.8. The highest BCUT2D eigenvalue weighted by Gasteiger charge is 2.11. The number of aliphatic hydroxyl groups is 1. The summed E-state index contributed by atoms with van der Waals surface area (Å²) in [5.74, 6) is 5.15. The van der Waals surface area contributed by atoms with Crippen LogP contribution in [0.15, 0.2) is 29.8 Å². The van der Waals surface area contributed by atoms with Crippen LogP contribution in [-0.2, 0) is 6.54 Å². The number of hydrogen-bond donors (Lipinski definition) is 2. The third-order valence-corrected chi connectivity index (χ3v) is 3.51. The van der Waals surface area contributed by atoms with E-state index in [1.54, 1.807) is 12.3 Å². The van der Waals surface area contributed by atoms with Crippen molar-refractivity contribution in [3.8, 4) is 11.8 Å². The van der Waals surface area contributed by atoms with Gasteiger partial charge in [-0.05, 0) is 30.0 Å². The first-order valence-electron chi connectivity index (χ1n) is 6.07. The summed E-state index contributed by atoms with van der Waals surface area (Å²) in [6.07, 6.45) is 1.75. The van der Waals surface area contributed by atoms with Crippen LogP contribution in [0.1, 0.15) is 26.5 Å². The maximum absolute atomic E-state index is 12.1. The fraction of sp³-hybridized carbons (Fsp3) is 0.200. The lowest BCUT2D eigenvalue weighted by molar-refractivity contribution is 0.0954. The van der Waals surface area contributed by atoms with E-state index < -0.39 is 0 Å². The highest BCUT2D eigenvalue weighted by atomic mass is 32.1. The zero-order chi connectivity index (χ0) is 14.4. The predicted octanol–water partition coefficient (Wildman–Crippen LogP) is 1.73. The van der Waals surface area contributed by atoms with Gasteiger partial charge in [-0.3, -0.25) is 9.78 Å². The van der Waals surface area contributed by atoms with Crippen molar-refractivity contribution >= 4 is 17.2 Å². The van der Waals surface area contributed by atoms with E-state index in [0.29, 0.717) is 17.0 Å². The topological polar surface area (TPSA) is 62.2 Å². The van der Waals surface area contributed by atoms with Crippen molar-refractivity contribution < 1.29 is 9.90 Å². The van der Waals surface area contributed by atoms with Gasteiger partial charge in [-0.1, -0.05) is 17.9 Å². The average molecular weight is 286 g/mol. The molecule has 2 N–H and O–H groups in total. The Kier molecular flexibility index (Phi) is 4.88. The van der Waals surface area contributed by atoms with Crippen LogP contribution < -0.4 is 5.32 Å². The maximum Gasteiger partial charge on any atom is 0.262 e. The monoisotopic (exact) mass is 286 g/mol. The molecule has 20 heavy (non-hydrogen) atoms. The Morgan fingerprint density at radius 2 is 2.30 bits per heavy atom. The first kappa shape index (κ1) is 14.3. The van der Waals surface area contributed by atoms with Gasteiger partial charge >= 0.3 is 0 Å². The Labute approximate surface area is 121 Å². The van der Waals surface area contributed by atoms with Crippen molar-refractivity contribution in [1.82, 2.24) is 10.3 Å². The van der Waals surface area contributed by atoms with Gasteiger partial charge in [-0.15, -0.1) is 11.3 Å².